The molecule has 1 unspecified atom stereocenters. The summed E-state index contributed by atoms with van der Waals surface area (Å²) in [5.41, 5.74) is 1.47. The lowest BCUT2D eigenvalue weighted by Gasteiger charge is -2.17. The molecule has 0 aliphatic rings. The topological polar surface area (TPSA) is 69.8 Å². The van der Waals surface area contributed by atoms with E-state index < -0.39 is 11.7 Å². The smallest absolute Gasteiger partial charge is 0.268 e. The van der Waals surface area contributed by atoms with Gasteiger partial charge in [-0.3, -0.25) is 14.3 Å². The van der Waals surface area contributed by atoms with E-state index in [2.05, 4.69) is 9.97 Å². The SMILES string of the molecule is Cc1csc(-n2c(=O)n(C(C)c3cccnc3)c(=O)c3cccnc32)c1. The minimum Gasteiger partial charge on any atom is -0.268 e. The van der Waals surface area contributed by atoms with Crippen molar-refractivity contribution in [1.82, 2.24) is 19.1 Å². The lowest BCUT2D eigenvalue weighted by molar-refractivity contribution is 0.571. The molecule has 0 radical (unpaired) electrons. The normalized spacial score (nSPS) is 12.4. The van der Waals surface area contributed by atoms with Crippen LogP contribution in [-0.2, 0) is 0 Å². The maximum Gasteiger partial charge on any atom is 0.338 e. The number of fused-ring (bicyclic) bond motifs is 1. The molecule has 0 aliphatic carbocycles. The van der Waals surface area contributed by atoms with Gasteiger partial charge in [-0.25, -0.2) is 14.3 Å². The van der Waals surface area contributed by atoms with Crippen LogP contribution >= 0.6 is 11.3 Å². The van der Waals surface area contributed by atoms with Gasteiger partial charge in [0.25, 0.3) is 5.56 Å². The first-order valence-electron chi connectivity index (χ1n) is 8.15. The van der Waals surface area contributed by atoms with Crippen molar-refractivity contribution in [2.45, 2.75) is 19.9 Å². The van der Waals surface area contributed by atoms with Gasteiger partial charge in [0.1, 0.15) is 5.00 Å². The summed E-state index contributed by atoms with van der Waals surface area (Å²) < 4.78 is 2.79. The van der Waals surface area contributed by atoms with E-state index in [9.17, 15) is 9.59 Å². The van der Waals surface area contributed by atoms with E-state index in [1.807, 2.05) is 31.4 Å². The van der Waals surface area contributed by atoms with Crippen LogP contribution in [0.25, 0.3) is 16.0 Å². The van der Waals surface area contributed by atoms with Gasteiger partial charge < -0.3 is 0 Å². The summed E-state index contributed by atoms with van der Waals surface area (Å²) in [5, 5.41) is 3.12. The number of pyridine rings is 2. The van der Waals surface area contributed by atoms with Crippen molar-refractivity contribution in [2.75, 3.05) is 0 Å². The number of rotatable bonds is 3. The lowest BCUT2D eigenvalue weighted by Crippen LogP contribution is -2.41. The fourth-order valence-electron chi connectivity index (χ4n) is 3.00. The van der Waals surface area contributed by atoms with Gasteiger partial charge >= 0.3 is 5.69 Å². The van der Waals surface area contributed by atoms with Gasteiger partial charge in [0, 0.05) is 18.6 Å². The summed E-state index contributed by atoms with van der Waals surface area (Å²) in [6.07, 6.45) is 4.92. The highest BCUT2D eigenvalue weighted by molar-refractivity contribution is 7.12. The highest BCUT2D eigenvalue weighted by Gasteiger charge is 2.20. The van der Waals surface area contributed by atoms with Gasteiger partial charge in [0.15, 0.2) is 5.65 Å². The van der Waals surface area contributed by atoms with Crippen molar-refractivity contribution < 1.29 is 0 Å². The van der Waals surface area contributed by atoms with Crippen molar-refractivity contribution >= 4 is 22.4 Å². The minimum atomic E-state index is -0.444. The highest BCUT2D eigenvalue weighted by atomic mass is 32.1. The first-order valence-corrected chi connectivity index (χ1v) is 9.03. The Morgan fingerprint density at radius 2 is 1.96 bits per heavy atom. The van der Waals surface area contributed by atoms with Crippen molar-refractivity contribution in [1.29, 1.82) is 0 Å². The minimum absolute atomic E-state index is 0.348. The average molecular weight is 364 g/mol. The maximum atomic E-state index is 13.3. The Hall–Kier alpha value is -3.06. The van der Waals surface area contributed by atoms with E-state index in [-0.39, 0.29) is 5.56 Å². The number of thiophene rings is 1. The molecule has 0 saturated heterocycles. The number of aromatic nitrogens is 4. The van der Waals surface area contributed by atoms with Gasteiger partial charge in [0.05, 0.1) is 11.4 Å². The summed E-state index contributed by atoms with van der Waals surface area (Å²) >= 11 is 1.45. The molecule has 7 heteroatoms. The Morgan fingerprint density at radius 3 is 2.65 bits per heavy atom. The van der Waals surface area contributed by atoms with E-state index in [4.69, 9.17) is 0 Å². The van der Waals surface area contributed by atoms with Crippen molar-refractivity contribution in [2.24, 2.45) is 0 Å². The molecule has 0 aliphatic heterocycles. The van der Waals surface area contributed by atoms with Gasteiger partial charge in [-0.05, 0) is 54.6 Å². The van der Waals surface area contributed by atoms with Crippen molar-refractivity contribution in [3.8, 4) is 5.00 Å². The van der Waals surface area contributed by atoms with Gasteiger partial charge in [-0.2, -0.15) is 0 Å². The van der Waals surface area contributed by atoms with E-state index in [0.717, 1.165) is 16.1 Å². The summed E-state index contributed by atoms with van der Waals surface area (Å²) in [5.74, 6) is 0. The van der Waals surface area contributed by atoms with E-state index >= 15 is 0 Å². The van der Waals surface area contributed by atoms with Crippen LogP contribution < -0.4 is 11.2 Å². The van der Waals surface area contributed by atoms with Crippen LogP contribution in [0.2, 0.25) is 0 Å². The van der Waals surface area contributed by atoms with Crippen LogP contribution in [-0.4, -0.2) is 19.1 Å². The molecule has 130 valence electrons. The molecule has 0 saturated carbocycles. The third-order valence-electron chi connectivity index (χ3n) is 4.34. The van der Waals surface area contributed by atoms with Crippen LogP contribution in [0, 0.1) is 6.92 Å². The first kappa shape index (κ1) is 16.4. The third kappa shape index (κ3) is 2.57. The zero-order chi connectivity index (χ0) is 18.3. The van der Waals surface area contributed by atoms with Crippen LogP contribution in [0.1, 0.15) is 24.1 Å². The summed E-state index contributed by atoms with van der Waals surface area (Å²) in [6, 6.07) is 8.53. The fourth-order valence-corrected chi connectivity index (χ4v) is 3.90. The molecule has 4 aromatic heterocycles. The molecule has 26 heavy (non-hydrogen) atoms. The molecule has 0 N–H and O–H groups in total. The largest absolute Gasteiger partial charge is 0.338 e. The van der Waals surface area contributed by atoms with Crippen LogP contribution in [0.5, 0.6) is 0 Å². The summed E-state index contributed by atoms with van der Waals surface area (Å²) in [7, 11) is 0. The molecule has 0 fully saturated rings. The highest BCUT2D eigenvalue weighted by Crippen LogP contribution is 2.21. The average Bonchev–Trinajstić information content (AvgIpc) is 3.08. The zero-order valence-electron chi connectivity index (χ0n) is 14.3. The molecule has 4 aromatic rings. The Balaban J connectivity index is 2.09. The molecule has 0 aromatic carbocycles. The quantitative estimate of drug-likeness (QED) is 0.560. The van der Waals surface area contributed by atoms with E-state index in [1.54, 1.807) is 36.8 Å². The monoisotopic (exact) mass is 364 g/mol. The lowest BCUT2D eigenvalue weighted by atomic mass is 10.1. The predicted molar refractivity (Wildman–Crippen MR) is 102 cm³/mol. The molecule has 6 nitrogen and oxygen atoms in total. The Labute approximate surface area is 153 Å². The maximum absolute atomic E-state index is 13.3. The predicted octanol–water partition coefficient (Wildman–Crippen LogP) is 2.92. The Kier molecular flexibility index (Phi) is 4.00. The number of hydrogen-bond acceptors (Lipinski definition) is 5. The van der Waals surface area contributed by atoms with E-state index in [1.165, 1.54) is 20.5 Å². The first-order chi connectivity index (χ1) is 12.6. The molecule has 4 heterocycles. The molecular formula is C19H16N4O2S. The van der Waals surface area contributed by atoms with Gasteiger partial charge in [-0.15, -0.1) is 11.3 Å². The van der Waals surface area contributed by atoms with Gasteiger partial charge in [0.2, 0.25) is 0 Å². The molecule has 0 amide bonds. The molecule has 1 atom stereocenters. The van der Waals surface area contributed by atoms with Crippen LogP contribution in [0.3, 0.4) is 0 Å². The number of aryl methyl sites for hydroxylation is 1. The zero-order valence-corrected chi connectivity index (χ0v) is 15.1. The third-order valence-corrected chi connectivity index (χ3v) is 5.37. The van der Waals surface area contributed by atoms with Crippen molar-refractivity contribution in [3.05, 3.63) is 86.3 Å². The van der Waals surface area contributed by atoms with E-state index in [0.29, 0.717) is 11.0 Å². The number of nitrogens with zero attached hydrogens (tertiary/aromatic N) is 4. The second kappa shape index (κ2) is 6.34. The standard InChI is InChI=1S/C19H16N4O2S/c1-12-9-16(26-11-12)23-17-15(6-4-8-21-17)18(24)22(19(23)25)13(2)14-5-3-7-20-10-14/h3-11,13H,1-2H3. The van der Waals surface area contributed by atoms with Gasteiger partial charge in [-0.1, -0.05) is 6.07 Å². The van der Waals surface area contributed by atoms with Crippen molar-refractivity contribution in [3.63, 3.8) is 0 Å². The fraction of sp³-hybridized carbons (Fsp3) is 0.158. The van der Waals surface area contributed by atoms with Crippen LogP contribution in [0.15, 0.2) is 63.9 Å². The molecule has 0 bridgehead atoms. The molecular weight excluding hydrogens is 348 g/mol. The summed E-state index contributed by atoms with van der Waals surface area (Å²) in [6.45, 7) is 3.79. The molecule has 4 rings (SSSR count). The number of hydrogen-bond donors (Lipinski definition) is 0. The summed E-state index contributed by atoms with van der Waals surface area (Å²) in [4.78, 5) is 34.8. The Bertz CT molecular complexity index is 1210. The molecule has 0 spiro atoms. The Morgan fingerprint density at radius 1 is 1.15 bits per heavy atom. The van der Waals surface area contributed by atoms with Crippen LogP contribution in [0.4, 0.5) is 0 Å². The second-order valence-corrected chi connectivity index (χ2v) is 6.98. The second-order valence-electron chi connectivity index (χ2n) is 6.09.